The monoisotopic (exact) mass is 373 g/mol. The Morgan fingerprint density at radius 3 is 2.54 bits per heavy atom. The smallest absolute Gasteiger partial charge is 0.257 e. The van der Waals surface area contributed by atoms with Gasteiger partial charge in [0, 0.05) is 36.6 Å². The summed E-state index contributed by atoms with van der Waals surface area (Å²) < 4.78 is 0. The number of nitrogens with zero attached hydrogens (tertiary/aromatic N) is 3. The van der Waals surface area contributed by atoms with Crippen LogP contribution in [0.3, 0.4) is 0 Å². The highest BCUT2D eigenvalue weighted by Crippen LogP contribution is 2.25. The molecule has 3 aromatic rings. The number of nitrogens with two attached hydrogens (primary N) is 1. The summed E-state index contributed by atoms with van der Waals surface area (Å²) in [6, 6.07) is 19.9. The molecule has 0 bridgehead atoms. The molecule has 1 saturated heterocycles. The highest BCUT2D eigenvalue weighted by Gasteiger charge is 2.27. The fourth-order valence-corrected chi connectivity index (χ4v) is 3.59. The zero-order valence-corrected chi connectivity index (χ0v) is 15.6. The summed E-state index contributed by atoms with van der Waals surface area (Å²) in [5.74, 6) is 0.107. The molecule has 0 radical (unpaired) electrons. The lowest BCUT2D eigenvalue weighted by atomic mass is 10.0. The number of hydrogen-bond donors (Lipinski definition) is 2. The summed E-state index contributed by atoms with van der Waals surface area (Å²) in [6.07, 6.45) is 3.52. The van der Waals surface area contributed by atoms with Gasteiger partial charge in [0.25, 0.3) is 5.91 Å². The molecular weight excluding hydrogens is 350 g/mol. The quantitative estimate of drug-likeness (QED) is 0.732. The molecule has 142 valence electrons. The van der Waals surface area contributed by atoms with Crippen LogP contribution >= 0.6 is 0 Å². The second-order valence-electron chi connectivity index (χ2n) is 6.96. The van der Waals surface area contributed by atoms with E-state index in [1.54, 1.807) is 6.20 Å². The highest BCUT2D eigenvalue weighted by molar-refractivity contribution is 5.99. The van der Waals surface area contributed by atoms with E-state index in [9.17, 15) is 4.79 Å². The van der Waals surface area contributed by atoms with Crippen molar-refractivity contribution in [2.45, 2.75) is 18.9 Å². The van der Waals surface area contributed by atoms with Gasteiger partial charge in [-0.05, 0) is 25.0 Å². The Morgan fingerprint density at radius 1 is 1.07 bits per heavy atom. The second kappa shape index (κ2) is 8.08. The van der Waals surface area contributed by atoms with E-state index in [-0.39, 0.29) is 17.9 Å². The molecule has 1 aliphatic rings. The maximum absolute atomic E-state index is 13.3. The Bertz CT molecular complexity index is 946. The number of nitrogens with one attached hydrogen (secondary N) is 1. The average molecular weight is 373 g/mol. The van der Waals surface area contributed by atoms with Crippen LogP contribution in [0.15, 0.2) is 66.9 Å². The molecule has 6 heteroatoms. The van der Waals surface area contributed by atoms with Crippen molar-refractivity contribution in [3.63, 3.8) is 0 Å². The molecule has 1 amide bonds. The van der Waals surface area contributed by atoms with Crippen LogP contribution in [-0.4, -0.2) is 39.9 Å². The van der Waals surface area contributed by atoms with Gasteiger partial charge < -0.3 is 16.0 Å². The number of amides is 1. The lowest BCUT2D eigenvalue weighted by molar-refractivity contribution is 0.0715. The summed E-state index contributed by atoms with van der Waals surface area (Å²) >= 11 is 0. The summed E-state index contributed by atoms with van der Waals surface area (Å²) in [6.45, 7) is 1.37. The first-order chi connectivity index (χ1) is 13.7. The molecule has 4 rings (SSSR count). The minimum Gasteiger partial charge on any atom is -0.381 e. The number of carbonyl (C=O) groups is 1. The molecule has 1 atom stereocenters. The van der Waals surface area contributed by atoms with Crippen LogP contribution in [0.5, 0.6) is 0 Å². The van der Waals surface area contributed by atoms with Crippen molar-refractivity contribution < 1.29 is 4.79 Å². The van der Waals surface area contributed by atoms with E-state index in [2.05, 4.69) is 15.3 Å². The molecule has 6 nitrogen and oxygen atoms in total. The zero-order valence-electron chi connectivity index (χ0n) is 15.6. The van der Waals surface area contributed by atoms with E-state index in [0.717, 1.165) is 30.6 Å². The molecule has 0 aliphatic carbocycles. The Labute approximate surface area is 164 Å². The van der Waals surface area contributed by atoms with E-state index in [4.69, 9.17) is 5.73 Å². The molecular formula is C22H23N5O. The third-order valence-corrected chi connectivity index (χ3v) is 4.94. The average Bonchev–Trinajstić information content (AvgIpc) is 2.75. The van der Waals surface area contributed by atoms with Crippen LogP contribution in [0, 0.1) is 0 Å². The fourth-order valence-electron chi connectivity index (χ4n) is 3.59. The van der Waals surface area contributed by atoms with E-state index >= 15 is 0 Å². The topological polar surface area (TPSA) is 84.1 Å². The first-order valence-corrected chi connectivity index (χ1v) is 9.49. The molecule has 28 heavy (non-hydrogen) atoms. The van der Waals surface area contributed by atoms with Gasteiger partial charge in [0.1, 0.15) is 0 Å². The molecule has 0 unspecified atom stereocenters. The largest absolute Gasteiger partial charge is 0.381 e. The van der Waals surface area contributed by atoms with Gasteiger partial charge in [-0.3, -0.25) is 4.79 Å². The number of aromatic nitrogens is 2. The Hall–Kier alpha value is -3.41. The van der Waals surface area contributed by atoms with Crippen LogP contribution in [0.2, 0.25) is 0 Å². The van der Waals surface area contributed by atoms with Crippen LogP contribution in [0.4, 0.5) is 11.6 Å². The normalized spacial score (nSPS) is 16.6. The highest BCUT2D eigenvalue weighted by atomic mass is 16.2. The lowest BCUT2D eigenvalue weighted by Gasteiger charge is -2.34. The molecule has 0 saturated carbocycles. The molecule has 2 heterocycles. The molecule has 1 aromatic heterocycles. The fraction of sp³-hybridized carbons (Fsp3) is 0.227. The number of benzene rings is 2. The number of likely N-dealkylation sites (tertiary alicyclic amines) is 1. The van der Waals surface area contributed by atoms with Crippen LogP contribution in [0.1, 0.15) is 23.2 Å². The van der Waals surface area contributed by atoms with Crippen molar-refractivity contribution in [3.05, 3.63) is 72.4 Å². The van der Waals surface area contributed by atoms with Crippen molar-refractivity contribution in [3.8, 4) is 11.3 Å². The third kappa shape index (κ3) is 3.96. The van der Waals surface area contributed by atoms with Crippen LogP contribution < -0.4 is 11.1 Å². The van der Waals surface area contributed by atoms with Gasteiger partial charge in [-0.25, -0.2) is 9.97 Å². The van der Waals surface area contributed by atoms with Gasteiger partial charge in [-0.2, -0.15) is 0 Å². The van der Waals surface area contributed by atoms with Crippen LogP contribution in [0.25, 0.3) is 11.3 Å². The maximum atomic E-state index is 13.3. The maximum Gasteiger partial charge on any atom is 0.257 e. The third-order valence-electron chi connectivity index (χ3n) is 4.94. The summed E-state index contributed by atoms with van der Waals surface area (Å²) in [5.41, 5.74) is 8.79. The van der Waals surface area contributed by atoms with Gasteiger partial charge >= 0.3 is 0 Å². The summed E-state index contributed by atoms with van der Waals surface area (Å²) in [7, 11) is 0. The number of piperidine rings is 1. The van der Waals surface area contributed by atoms with Crippen LogP contribution in [-0.2, 0) is 0 Å². The van der Waals surface area contributed by atoms with E-state index in [0.29, 0.717) is 17.8 Å². The minimum absolute atomic E-state index is 0.0570. The van der Waals surface area contributed by atoms with E-state index in [1.807, 2.05) is 65.6 Å². The molecule has 0 spiro atoms. The van der Waals surface area contributed by atoms with Crippen molar-refractivity contribution in [1.29, 1.82) is 0 Å². The molecule has 1 aliphatic heterocycles. The van der Waals surface area contributed by atoms with Crippen molar-refractivity contribution >= 4 is 17.5 Å². The van der Waals surface area contributed by atoms with Gasteiger partial charge in [0.2, 0.25) is 5.95 Å². The van der Waals surface area contributed by atoms with Crippen molar-refractivity contribution in [1.82, 2.24) is 14.9 Å². The predicted molar refractivity (Wildman–Crippen MR) is 111 cm³/mol. The predicted octanol–water partition coefficient (Wildman–Crippen LogP) is 3.44. The standard InChI is InChI=1S/C22H23N5O/c23-22-24-14-19(20(26-22)16-8-3-1-4-9-16)21(28)27-13-7-12-18(15-27)25-17-10-5-2-6-11-17/h1-6,8-11,14,18,25H,7,12-13,15H2,(H2,23,24,26)/t18-/m1/s1. The Morgan fingerprint density at radius 2 is 1.79 bits per heavy atom. The number of hydrogen-bond acceptors (Lipinski definition) is 5. The minimum atomic E-state index is -0.0570. The van der Waals surface area contributed by atoms with Crippen molar-refractivity contribution in [2.24, 2.45) is 0 Å². The van der Waals surface area contributed by atoms with Gasteiger partial charge in [-0.1, -0.05) is 48.5 Å². The Kier molecular flexibility index (Phi) is 5.19. The zero-order chi connectivity index (χ0) is 19.3. The Balaban J connectivity index is 1.56. The molecule has 3 N–H and O–H groups in total. The number of carbonyl (C=O) groups excluding carboxylic acids is 1. The molecule has 2 aromatic carbocycles. The van der Waals surface area contributed by atoms with Gasteiger partial charge in [0.15, 0.2) is 0 Å². The second-order valence-corrected chi connectivity index (χ2v) is 6.96. The first-order valence-electron chi connectivity index (χ1n) is 9.49. The van der Waals surface area contributed by atoms with E-state index in [1.165, 1.54) is 0 Å². The summed E-state index contributed by atoms with van der Waals surface area (Å²) in [4.78, 5) is 23.6. The number of nitrogen functional groups attached to an aromatic ring is 1. The first kappa shape index (κ1) is 18.0. The van der Waals surface area contributed by atoms with E-state index < -0.39 is 0 Å². The lowest BCUT2D eigenvalue weighted by Crippen LogP contribution is -2.45. The number of para-hydroxylation sites is 1. The van der Waals surface area contributed by atoms with Gasteiger partial charge in [-0.15, -0.1) is 0 Å². The molecule has 1 fully saturated rings. The van der Waals surface area contributed by atoms with Gasteiger partial charge in [0.05, 0.1) is 11.3 Å². The van der Waals surface area contributed by atoms with Crippen molar-refractivity contribution in [2.75, 3.05) is 24.1 Å². The number of anilines is 2. The number of rotatable bonds is 4. The summed E-state index contributed by atoms with van der Waals surface area (Å²) in [5, 5.41) is 3.53. The SMILES string of the molecule is Nc1ncc(C(=O)N2CCC[C@@H](Nc3ccccc3)C2)c(-c2ccccc2)n1.